The Balaban J connectivity index is 2.40. The van der Waals surface area contributed by atoms with Gasteiger partial charge in [-0.25, -0.2) is 14.6 Å². The lowest BCUT2D eigenvalue weighted by molar-refractivity contribution is -0.141. The van der Waals surface area contributed by atoms with Crippen molar-refractivity contribution in [2.45, 2.75) is 6.18 Å². The zero-order chi connectivity index (χ0) is 14.0. The van der Waals surface area contributed by atoms with Crippen molar-refractivity contribution in [3.8, 4) is 5.95 Å². The van der Waals surface area contributed by atoms with Gasteiger partial charge in [0.15, 0.2) is 11.5 Å². The fraction of sp³-hybridized carbons (Fsp3) is 0.111. The van der Waals surface area contributed by atoms with Crippen molar-refractivity contribution in [2.75, 3.05) is 0 Å². The molecule has 0 atom stereocenters. The standard InChI is InChI=1S/C9H7F3N6O/c10-9(11,12)6-2-4-18(16-6)8-14-3-1-5(15-8)7(13)17-19/h1-4,19H,(H2,13,17). The van der Waals surface area contributed by atoms with Crippen LogP contribution < -0.4 is 5.73 Å². The Labute approximate surface area is 104 Å². The highest BCUT2D eigenvalue weighted by molar-refractivity contribution is 5.95. The van der Waals surface area contributed by atoms with Crippen molar-refractivity contribution in [3.05, 3.63) is 35.9 Å². The van der Waals surface area contributed by atoms with Crippen LogP contribution in [0, 0.1) is 0 Å². The van der Waals surface area contributed by atoms with E-state index in [2.05, 4.69) is 20.2 Å². The van der Waals surface area contributed by atoms with Gasteiger partial charge >= 0.3 is 6.18 Å². The van der Waals surface area contributed by atoms with E-state index in [1.165, 1.54) is 12.3 Å². The third-order valence-electron chi connectivity index (χ3n) is 2.10. The predicted molar refractivity (Wildman–Crippen MR) is 56.7 cm³/mol. The molecule has 7 nitrogen and oxygen atoms in total. The number of nitrogens with zero attached hydrogens (tertiary/aromatic N) is 5. The SMILES string of the molecule is N/C(=N/O)c1ccnc(-n2ccc(C(F)(F)F)n2)n1. The minimum atomic E-state index is -4.55. The van der Waals surface area contributed by atoms with Crippen molar-refractivity contribution >= 4 is 5.84 Å². The highest BCUT2D eigenvalue weighted by Gasteiger charge is 2.33. The molecular weight excluding hydrogens is 265 g/mol. The van der Waals surface area contributed by atoms with E-state index in [0.29, 0.717) is 0 Å². The number of rotatable bonds is 2. The van der Waals surface area contributed by atoms with Crippen molar-refractivity contribution in [3.63, 3.8) is 0 Å². The van der Waals surface area contributed by atoms with Crippen LogP contribution in [0.2, 0.25) is 0 Å². The fourth-order valence-electron chi connectivity index (χ4n) is 1.24. The van der Waals surface area contributed by atoms with Crippen molar-refractivity contribution in [1.29, 1.82) is 0 Å². The van der Waals surface area contributed by atoms with Gasteiger partial charge in [-0.15, -0.1) is 0 Å². The van der Waals surface area contributed by atoms with Crippen LogP contribution in [0.5, 0.6) is 0 Å². The van der Waals surface area contributed by atoms with Crippen molar-refractivity contribution in [1.82, 2.24) is 19.7 Å². The molecule has 2 aromatic rings. The molecule has 0 radical (unpaired) electrons. The molecule has 19 heavy (non-hydrogen) atoms. The number of amidine groups is 1. The van der Waals surface area contributed by atoms with E-state index in [4.69, 9.17) is 10.9 Å². The van der Waals surface area contributed by atoms with E-state index in [1.807, 2.05) is 0 Å². The first-order valence-electron chi connectivity index (χ1n) is 4.86. The zero-order valence-corrected chi connectivity index (χ0v) is 9.20. The van der Waals surface area contributed by atoms with E-state index < -0.39 is 11.9 Å². The number of halogens is 3. The second kappa shape index (κ2) is 4.55. The molecule has 0 amide bonds. The van der Waals surface area contributed by atoms with Gasteiger partial charge in [-0.3, -0.25) is 0 Å². The molecule has 0 aliphatic heterocycles. The third kappa shape index (κ3) is 2.61. The number of nitrogens with two attached hydrogens (primary N) is 1. The molecule has 0 bridgehead atoms. The minimum absolute atomic E-state index is 0.0663. The molecule has 2 rings (SSSR count). The van der Waals surface area contributed by atoms with Gasteiger partial charge < -0.3 is 10.9 Å². The maximum atomic E-state index is 12.4. The van der Waals surface area contributed by atoms with Gasteiger partial charge in [0.2, 0.25) is 0 Å². The number of oxime groups is 1. The first kappa shape index (κ1) is 12.8. The van der Waals surface area contributed by atoms with Crippen molar-refractivity contribution in [2.24, 2.45) is 10.9 Å². The molecule has 0 aliphatic rings. The summed E-state index contributed by atoms with van der Waals surface area (Å²) in [5.74, 6) is -0.411. The number of hydrogen-bond donors (Lipinski definition) is 2. The minimum Gasteiger partial charge on any atom is -0.409 e. The fourth-order valence-corrected chi connectivity index (χ4v) is 1.24. The average molecular weight is 272 g/mol. The Morgan fingerprint density at radius 1 is 1.37 bits per heavy atom. The highest BCUT2D eigenvalue weighted by Crippen LogP contribution is 2.27. The van der Waals surface area contributed by atoms with Crippen LogP contribution in [0.4, 0.5) is 13.2 Å². The van der Waals surface area contributed by atoms with E-state index in [0.717, 1.165) is 16.9 Å². The maximum Gasteiger partial charge on any atom is 0.435 e. The molecule has 2 heterocycles. The molecule has 0 saturated heterocycles. The summed E-state index contributed by atoms with van der Waals surface area (Å²) in [7, 11) is 0. The topological polar surface area (TPSA) is 102 Å². The van der Waals surface area contributed by atoms with Crippen LogP contribution in [-0.2, 0) is 6.18 Å². The highest BCUT2D eigenvalue weighted by atomic mass is 19.4. The normalized spacial score (nSPS) is 12.7. The maximum absolute atomic E-state index is 12.4. The molecule has 0 unspecified atom stereocenters. The van der Waals surface area contributed by atoms with E-state index in [-0.39, 0.29) is 17.5 Å². The quantitative estimate of drug-likeness (QED) is 0.364. The molecular formula is C9H7F3N6O. The third-order valence-corrected chi connectivity index (χ3v) is 2.10. The smallest absolute Gasteiger partial charge is 0.409 e. The predicted octanol–water partition coefficient (Wildman–Crippen LogP) is 0.776. The first-order chi connectivity index (χ1) is 8.91. The van der Waals surface area contributed by atoms with Gasteiger partial charge in [-0.2, -0.15) is 18.3 Å². The van der Waals surface area contributed by atoms with Crippen LogP contribution in [0.15, 0.2) is 29.7 Å². The van der Waals surface area contributed by atoms with E-state index in [9.17, 15) is 13.2 Å². The summed E-state index contributed by atoms with van der Waals surface area (Å²) in [4.78, 5) is 7.57. The Bertz CT molecular complexity index is 620. The molecule has 2 aromatic heterocycles. The summed E-state index contributed by atoms with van der Waals surface area (Å²) in [5, 5.41) is 14.5. The Hall–Kier alpha value is -2.65. The number of hydrogen-bond acceptors (Lipinski definition) is 5. The van der Waals surface area contributed by atoms with Gasteiger partial charge in [0.25, 0.3) is 5.95 Å². The number of alkyl halides is 3. The van der Waals surface area contributed by atoms with Crippen molar-refractivity contribution < 1.29 is 18.4 Å². The number of aromatic nitrogens is 4. The van der Waals surface area contributed by atoms with Crippen LogP contribution in [0.1, 0.15) is 11.4 Å². The molecule has 3 N–H and O–H groups in total. The Kier molecular flexibility index (Phi) is 3.07. The summed E-state index contributed by atoms with van der Waals surface area (Å²) >= 11 is 0. The monoisotopic (exact) mass is 272 g/mol. The lowest BCUT2D eigenvalue weighted by Crippen LogP contribution is -2.17. The largest absolute Gasteiger partial charge is 0.435 e. The van der Waals surface area contributed by atoms with Gasteiger partial charge in [-0.1, -0.05) is 5.16 Å². The summed E-state index contributed by atoms with van der Waals surface area (Å²) in [5.41, 5.74) is 4.32. The Morgan fingerprint density at radius 2 is 2.11 bits per heavy atom. The molecule has 100 valence electrons. The molecule has 0 saturated carbocycles. The summed E-state index contributed by atoms with van der Waals surface area (Å²) < 4.78 is 38.0. The van der Waals surface area contributed by atoms with Gasteiger partial charge in [0.05, 0.1) is 0 Å². The molecule has 0 aromatic carbocycles. The van der Waals surface area contributed by atoms with Crippen LogP contribution in [0.3, 0.4) is 0 Å². The second-order valence-corrected chi connectivity index (χ2v) is 3.37. The Morgan fingerprint density at radius 3 is 2.68 bits per heavy atom. The van der Waals surface area contributed by atoms with E-state index in [1.54, 1.807) is 0 Å². The van der Waals surface area contributed by atoms with Gasteiger partial charge in [0.1, 0.15) is 5.69 Å². The first-order valence-corrected chi connectivity index (χ1v) is 4.86. The van der Waals surface area contributed by atoms with Crippen LogP contribution >= 0.6 is 0 Å². The molecule has 10 heteroatoms. The van der Waals surface area contributed by atoms with Gasteiger partial charge in [0, 0.05) is 12.4 Å². The summed E-state index contributed by atoms with van der Waals surface area (Å²) in [6.07, 6.45) is -2.23. The molecule has 0 aliphatic carbocycles. The second-order valence-electron chi connectivity index (χ2n) is 3.37. The zero-order valence-electron chi connectivity index (χ0n) is 9.20. The summed E-state index contributed by atoms with van der Waals surface area (Å²) in [6, 6.07) is 2.13. The lowest BCUT2D eigenvalue weighted by Gasteiger charge is -2.03. The summed E-state index contributed by atoms with van der Waals surface area (Å²) in [6.45, 7) is 0. The van der Waals surface area contributed by atoms with Gasteiger partial charge in [-0.05, 0) is 12.1 Å². The van der Waals surface area contributed by atoms with Crippen LogP contribution in [-0.4, -0.2) is 30.8 Å². The molecule has 0 fully saturated rings. The molecule has 0 spiro atoms. The van der Waals surface area contributed by atoms with E-state index >= 15 is 0 Å². The lowest BCUT2D eigenvalue weighted by atomic mass is 10.4. The van der Waals surface area contributed by atoms with Crippen LogP contribution in [0.25, 0.3) is 5.95 Å². The average Bonchev–Trinajstić information content (AvgIpc) is 2.87.